The first-order chi connectivity index (χ1) is 10.7. The topological polar surface area (TPSA) is 16.1 Å². The lowest BCUT2D eigenvalue weighted by molar-refractivity contribution is -0.138. The lowest BCUT2D eigenvalue weighted by Crippen LogP contribution is -2.13. The number of hydrogen-bond donors (Lipinski definition) is 0. The predicted octanol–water partition coefficient (Wildman–Crippen LogP) is 4.88. The lowest BCUT2D eigenvalue weighted by atomic mass is 9.99. The molecule has 0 aliphatic heterocycles. The van der Waals surface area contributed by atoms with Gasteiger partial charge in [0.2, 0.25) is 0 Å². The SMILES string of the molecule is CC(C)c1ncc(Cc2ccc(N(C)C)cc2)cc1C(F)(F)F. The van der Waals surface area contributed by atoms with Gasteiger partial charge in [-0.05, 0) is 41.7 Å². The van der Waals surface area contributed by atoms with E-state index in [4.69, 9.17) is 0 Å². The summed E-state index contributed by atoms with van der Waals surface area (Å²) in [4.78, 5) is 6.04. The third-order valence-corrected chi connectivity index (χ3v) is 3.69. The van der Waals surface area contributed by atoms with Crippen LogP contribution >= 0.6 is 0 Å². The fourth-order valence-electron chi connectivity index (χ4n) is 2.45. The maximum Gasteiger partial charge on any atom is 0.418 e. The summed E-state index contributed by atoms with van der Waals surface area (Å²) < 4.78 is 39.7. The van der Waals surface area contributed by atoms with E-state index in [1.807, 2.05) is 43.3 Å². The number of hydrogen-bond acceptors (Lipinski definition) is 2. The van der Waals surface area contributed by atoms with Gasteiger partial charge in [0.15, 0.2) is 0 Å². The van der Waals surface area contributed by atoms with Crippen LogP contribution < -0.4 is 4.90 Å². The molecule has 0 spiro atoms. The van der Waals surface area contributed by atoms with E-state index in [2.05, 4.69) is 4.98 Å². The number of alkyl halides is 3. The summed E-state index contributed by atoms with van der Waals surface area (Å²) in [5.41, 5.74) is 2.05. The Morgan fingerprint density at radius 1 is 1.04 bits per heavy atom. The van der Waals surface area contributed by atoms with Crippen molar-refractivity contribution in [3.63, 3.8) is 0 Å². The highest BCUT2D eigenvalue weighted by atomic mass is 19.4. The molecule has 1 heterocycles. The van der Waals surface area contributed by atoms with Crippen molar-refractivity contribution in [2.24, 2.45) is 0 Å². The van der Waals surface area contributed by atoms with Gasteiger partial charge in [0.25, 0.3) is 0 Å². The summed E-state index contributed by atoms with van der Waals surface area (Å²) in [5, 5.41) is 0. The molecule has 1 aromatic carbocycles. The van der Waals surface area contributed by atoms with Crippen LogP contribution in [0.5, 0.6) is 0 Å². The number of aromatic nitrogens is 1. The van der Waals surface area contributed by atoms with E-state index in [0.717, 1.165) is 11.3 Å². The molecule has 0 bridgehead atoms. The molecule has 0 fully saturated rings. The minimum atomic E-state index is -4.38. The Hall–Kier alpha value is -2.04. The van der Waals surface area contributed by atoms with Crippen molar-refractivity contribution < 1.29 is 13.2 Å². The molecule has 0 aliphatic carbocycles. The van der Waals surface area contributed by atoms with Crippen molar-refractivity contribution in [2.75, 3.05) is 19.0 Å². The molecule has 23 heavy (non-hydrogen) atoms. The van der Waals surface area contributed by atoms with Crippen LogP contribution in [-0.2, 0) is 12.6 Å². The molecular formula is C18H21F3N2. The molecule has 0 aliphatic rings. The molecule has 0 unspecified atom stereocenters. The lowest BCUT2D eigenvalue weighted by Gasteiger charge is -2.16. The second-order valence-electron chi connectivity index (χ2n) is 6.17. The number of halogens is 3. The Morgan fingerprint density at radius 3 is 2.13 bits per heavy atom. The second kappa shape index (κ2) is 6.60. The van der Waals surface area contributed by atoms with Gasteiger partial charge in [0, 0.05) is 26.0 Å². The summed E-state index contributed by atoms with van der Waals surface area (Å²) in [6.45, 7) is 3.44. The van der Waals surface area contributed by atoms with Gasteiger partial charge < -0.3 is 4.90 Å². The van der Waals surface area contributed by atoms with Gasteiger partial charge in [-0.3, -0.25) is 4.98 Å². The van der Waals surface area contributed by atoms with E-state index in [9.17, 15) is 13.2 Å². The molecule has 0 saturated carbocycles. The van der Waals surface area contributed by atoms with E-state index < -0.39 is 11.7 Å². The Morgan fingerprint density at radius 2 is 1.65 bits per heavy atom. The Balaban J connectivity index is 2.30. The van der Waals surface area contributed by atoms with Crippen molar-refractivity contribution in [2.45, 2.75) is 32.4 Å². The number of pyridine rings is 1. The number of anilines is 1. The molecule has 0 atom stereocenters. The molecule has 0 amide bonds. The van der Waals surface area contributed by atoms with Crippen molar-refractivity contribution >= 4 is 5.69 Å². The van der Waals surface area contributed by atoms with Crippen LogP contribution in [0.4, 0.5) is 18.9 Å². The molecule has 0 N–H and O–H groups in total. The van der Waals surface area contributed by atoms with Gasteiger partial charge in [-0.1, -0.05) is 26.0 Å². The first-order valence-electron chi connectivity index (χ1n) is 7.50. The quantitative estimate of drug-likeness (QED) is 0.797. The Labute approximate surface area is 135 Å². The zero-order chi connectivity index (χ0) is 17.2. The maximum absolute atomic E-state index is 13.2. The van der Waals surface area contributed by atoms with Crippen LogP contribution in [-0.4, -0.2) is 19.1 Å². The second-order valence-corrected chi connectivity index (χ2v) is 6.17. The summed E-state index contributed by atoms with van der Waals surface area (Å²) in [6, 6.07) is 8.99. The average Bonchev–Trinajstić information content (AvgIpc) is 2.46. The van der Waals surface area contributed by atoms with Crippen LogP contribution in [0.1, 0.15) is 42.1 Å². The monoisotopic (exact) mass is 322 g/mol. The minimum Gasteiger partial charge on any atom is -0.378 e. The molecule has 2 aromatic rings. The van der Waals surface area contributed by atoms with Gasteiger partial charge in [0.05, 0.1) is 11.3 Å². The first-order valence-corrected chi connectivity index (χ1v) is 7.50. The van der Waals surface area contributed by atoms with Gasteiger partial charge in [-0.15, -0.1) is 0 Å². The van der Waals surface area contributed by atoms with Crippen LogP contribution in [0, 0.1) is 0 Å². The molecule has 124 valence electrons. The standard InChI is InChI=1S/C18H21F3N2/c1-12(2)17-16(18(19,20)21)10-14(11-22-17)9-13-5-7-15(8-6-13)23(3)4/h5-8,10-12H,9H2,1-4H3. The third kappa shape index (κ3) is 4.24. The Bertz CT molecular complexity index is 659. The molecule has 0 saturated heterocycles. The normalized spacial score (nSPS) is 11.8. The van der Waals surface area contributed by atoms with Crippen LogP contribution in [0.15, 0.2) is 36.5 Å². The van der Waals surface area contributed by atoms with Gasteiger partial charge in [-0.25, -0.2) is 0 Å². The largest absolute Gasteiger partial charge is 0.418 e. The fraction of sp³-hybridized carbons (Fsp3) is 0.389. The average molecular weight is 322 g/mol. The van der Waals surface area contributed by atoms with Gasteiger partial charge >= 0.3 is 6.18 Å². The third-order valence-electron chi connectivity index (χ3n) is 3.69. The number of benzene rings is 1. The summed E-state index contributed by atoms with van der Waals surface area (Å²) in [7, 11) is 3.89. The molecule has 0 radical (unpaired) electrons. The van der Waals surface area contributed by atoms with Gasteiger partial charge in [-0.2, -0.15) is 13.2 Å². The van der Waals surface area contributed by atoms with Crippen LogP contribution in [0.3, 0.4) is 0 Å². The van der Waals surface area contributed by atoms with E-state index in [1.165, 1.54) is 6.07 Å². The summed E-state index contributed by atoms with van der Waals surface area (Å²) in [5.74, 6) is -0.264. The molecule has 2 nitrogen and oxygen atoms in total. The highest BCUT2D eigenvalue weighted by molar-refractivity contribution is 5.46. The molecule has 2 rings (SSSR count). The number of nitrogens with zero attached hydrogens (tertiary/aromatic N) is 2. The van der Waals surface area contributed by atoms with Crippen LogP contribution in [0.2, 0.25) is 0 Å². The fourth-order valence-corrected chi connectivity index (χ4v) is 2.45. The summed E-state index contributed by atoms with van der Waals surface area (Å²) >= 11 is 0. The minimum absolute atomic E-state index is 0.101. The smallest absolute Gasteiger partial charge is 0.378 e. The van der Waals surface area contributed by atoms with E-state index in [1.54, 1.807) is 20.0 Å². The van der Waals surface area contributed by atoms with E-state index in [-0.39, 0.29) is 11.6 Å². The molecular weight excluding hydrogens is 301 g/mol. The van der Waals surface area contributed by atoms with E-state index in [0.29, 0.717) is 12.0 Å². The zero-order valence-corrected chi connectivity index (χ0v) is 13.8. The summed E-state index contributed by atoms with van der Waals surface area (Å²) in [6.07, 6.45) is -2.40. The first kappa shape index (κ1) is 17.3. The highest BCUT2D eigenvalue weighted by Crippen LogP contribution is 2.35. The highest BCUT2D eigenvalue weighted by Gasteiger charge is 2.35. The van der Waals surface area contributed by atoms with Gasteiger partial charge in [0.1, 0.15) is 0 Å². The molecule has 1 aromatic heterocycles. The Kier molecular flexibility index (Phi) is 4.97. The molecule has 5 heteroatoms. The van der Waals surface area contributed by atoms with Crippen LogP contribution in [0.25, 0.3) is 0 Å². The van der Waals surface area contributed by atoms with Crippen molar-refractivity contribution in [3.05, 3.63) is 58.9 Å². The number of rotatable bonds is 4. The van der Waals surface area contributed by atoms with Crippen molar-refractivity contribution in [1.29, 1.82) is 0 Å². The maximum atomic E-state index is 13.2. The predicted molar refractivity (Wildman–Crippen MR) is 86.9 cm³/mol. The van der Waals surface area contributed by atoms with Crippen molar-refractivity contribution in [3.8, 4) is 0 Å². The van der Waals surface area contributed by atoms with E-state index >= 15 is 0 Å². The van der Waals surface area contributed by atoms with Crippen molar-refractivity contribution in [1.82, 2.24) is 4.98 Å². The zero-order valence-electron chi connectivity index (χ0n) is 13.8.